The minimum absolute atomic E-state index is 0.0527. The first kappa shape index (κ1) is 21.9. The van der Waals surface area contributed by atoms with Gasteiger partial charge in [0, 0.05) is 31.2 Å². The number of carbonyl (C=O) groups is 1. The molecule has 168 valence electrons. The Labute approximate surface area is 188 Å². The lowest BCUT2D eigenvalue weighted by molar-refractivity contribution is 0.0996. The molecule has 9 heteroatoms. The maximum absolute atomic E-state index is 13.5. The van der Waals surface area contributed by atoms with Crippen molar-refractivity contribution in [2.75, 3.05) is 29.9 Å². The topological polar surface area (TPSA) is 92.1 Å². The lowest BCUT2D eigenvalue weighted by Gasteiger charge is -2.21. The molecule has 0 saturated heterocycles. The highest BCUT2D eigenvalue weighted by atomic mass is 16.2. The fourth-order valence-corrected chi connectivity index (χ4v) is 4.06. The number of fused-ring (bicyclic) bond motifs is 1. The van der Waals surface area contributed by atoms with Gasteiger partial charge in [-0.1, -0.05) is 6.07 Å². The summed E-state index contributed by atoms with van der Waals surface area (Å²) in [5.74, 6) is 2.07. The van der Waals surface area contributed by atoms with Crippen LogP contribution in [0.1, 0.15) is 55.4 Å². The Morgan fingerprint density at radius 1 is 1.19 bits per heavy atom. The van der Waals surface area contributed by atoms with E-state index in [4.69, 9.17) is 9.97 Å². The number of aromatic nitrogens is 5. The van der Waals surface area contributed by atoms with Crippen molar-refractivity contribution in [2.45, 2.75) is 46.8 Å². The highest BCUT2D eigenvalue weighted by Crippen LogP contribution is 2.32. The Hall–Kier alpha value is -3.33. The Kier molecular flexibility index (Phi) is 6.18. The number of hydrogen-bond donors (Lipinski definition) is 1. The largest absolute Gasteiger partial charge is 0.357 e. The highest BCUT2D eigenvalue weighted by Gasteiger charge is 2.33. The van der Waals surface area contributed by atoms with E-state index in [1.54, 1.807) is 11.2 Å². The molecule has 0 spiro atoms. The molecule has 1 amide bonds. The molecule has 9 nitrogen and oxygen atoms in total. The third-order valence-electron chi connectivity index (χ3n) is 5.79. The number of nitrogens with zero attached hydrogens (tertiary/aromatic N) is 7. The minimum Gasteiger partial charge on any atom is -0.357 e. The van der Waals surface area contributed by atoms with Crippen molar-refractivity contribution in [1.82, 2.24) is 30.0 Å². The molecule has 0 bridgehead atoms. The lowest BCUT2D eigenvalue weighted by atomic mass is 10.1. The summed E-state index contributed by atoms with van der Waals surface area (Å²) >= 11 is 0. The van der Waals surface area contributed by atoms with E-state index in [0.29, 0.717) is 36.0 Å². The number of anilines is 2. The molecule has 1 aliphatic rings. The van der Waals surface area contributed by atoms with E-state index in [1.807, 2.05) is 35.9 Å². The van der Waals surface area contributed by atoms with Gasteiger partial charge in [0.05, 0.1) is 17.8 Å². The molecular weight excluding hydrogens is 404 g/mol. The number of carbonyl (C=O) groups excluding carboxylic acids is 1. The minimum atomic E-state index is -0.0527. The number of hydrogen-bond acceptors (Lipinski definition) is 7. The van der Waals surface area contributed by atoms with Crippen molar-refractivity contribution in [3.8, 4) is 11.5 Å². The van der Waals surface area contributed by atoms with Crippen molar-refractivity contribution in [3.63, 3.8) is 0 Å². The van der Waals surface area contributed by atoms with Gasteiger partial charge >= 0.3 is 0 Å². The van der Waals surface area contributed by atoms with Gasteiger partial charge in [0.15, 0.2) is 5.82 Å². The van der Waals surface area contributed by atoms with Gasteiger partial charge in [0.2, 0.25) is 0 Å². The average molecular weight is 435 g/mol. The fourth-order valence-electron chi connectivity index (χ4n) is 4.06. The van der Waals surface area contributed by atoms with Crippen LogP contribution in [0.25, 0.3) is 11.5 Å². The molecule has 32 heavy (non-hydrogen) atoms. The predicted octanol–water partition coefficient (Wildman–Crippen LogP) is 3.04. The van der Waals surface area contributed by atoms with Crippen molar-refractivity contribution in [1.29, 1.82) is 0 Å². The number of amides is 1. The third-order valence-corrected chi connectivity index (χ3v) is 5.79. The SMILES string of the molecule is CCN(CC)c1cc2c(c(CNC)n1)CN(c1cccc(-c3nncn3C(C)C)n1)C2=O. The van der Waals surface area contributed by atoms with E-state index < -0.39 is 0 Å². The second-order valence-corrected chi connectivity index (χ2v) is 8.08. The van der Waals surface area contributed by atoms with Gasteiger partial charge in [0.25, 0.3) is 5.91 Å². The van der Waals surface area contributed by atoms with Crippen LogP contribution in [0.3, 0.4) is 0 Å². The molecule has 0 saturated carbocycles. The quantitative estimate of drug-likeness (QED) is 0.582. The molecule has 4 rings (SSSR count). The molecule has 3 aromatic rings. The van der Waals surface area contributed by atoms with Gasteiger partial charge in [-0.05, 0) is 52.9 Å². The zero-order valence-corrected chi connectivity index (χ0v) is 19.3. The molecule has 0 aromatic carbocycles. The Morgan fingerprint density at radius 2 is 1.97 bits per heavy atom. The summed E-state index contributed by atoms with van der Waals surface area (Å²) in [5, 5.41) is 11.5. The first-order chi connectivity index (χ1) is 15.5. The first-order valence-corrected chi connectivity index (χ1v) is 11.1. The first-order valence-electron chi connectivity index (χ1n) is 11.1. The van der Waals surface area contributed by atoms with Crippen LogP contribution in [0.5, 0.6) is 0 Å². The van der Waals surface area contributed by atoms with Gasteiger partial charge in [-0.3, -0.25) is 9.69 Å². The van der Waals surface area contributed by atoms with Crippen molar-refractivity contribution in [3.05, 3.63) is 47.4 Å². The molecule has 0 unspecified atom stereocenters. The van der Waals surface area contributed by atoms with E-state index in [-0.39, 0.29) is 11.9 Å². The zero-order chi connectivity index (χ0) is 22.8. The summed E-state index contributed by atoms with van der Waals surface area (Å²) in [4.78, 5) is 27.0. The summed E-state index contributed by atoms with van der Waals surface area (Å²) in [7, 11) is 1.89. The van der Waals surface area contributed by atoms with Crippen LogP contribution in [0.2, 0.25) is 0 Å². The van der Waals surface area contributed by atoms with Gasteiger partial charge in [-0.2, -0.15) is 0 Å². The van der Waals surface area contributed by atoms with Crippen LogP contribution in [-0.4, -0.2) is 50.8 Å². The van der Waals surface area contributed by atoms with E-state index in [0.717, 1.165) is 30.2 Å². The molecule has 0 radical (unpaired) electrons. The van der Waals surface area contributed by atoms with Gasteiger partial charge in [-0.25, -0.2) is 9.97 Å². The molecule has 1 N–H and O–H groups in total. The molecule has 3 aromatic heterocycles. The van der Waals surface area contributed by atoms with Crippen LogP contribution in [0.4, 0.5) is 11.6 Å². The van der Waals surface area contributed by atoms with E-state index in [9.17, 15) is 4.79 Å². The molecular formula is C23H30N8O. The Bertz CT molecular complexity index is 1120. The van der Waals surface area contributed by atoms with Crippen molar-refractivity contribution in [2.24, 2.45) is 0 Å². The number of pyridine rings is 2. The van der Waals surface area contributed by atoms with E-state index in [1.165, 1.54) is 0 Å². The summed E-state index contributed by atoms with van der Waals surface area (Å²) in [5.41, 5.74) is 3.25. The van der Waals surface area contributed by atoms with Crippen LogP contribution in [0, 0.1) is 0 Å². The maximum atomic E-state index is 13.5. The monoisotopic (exact) mass is 434 g/mol. The molecule has 0 fully saturated rings. The molecule has 0 aliphatic carbocycles. The van der Waals surface area contributed by atoms with E-state index >= 15 is 0 Å². The maximum Gasteiger partial charge on any atom is 0.260 e. The van der Waals surface area contributed by atoms with Gasteiger partial charge in [-0.15, -0.1) is 10.2 Å². The number of nitrogens with one attached hydrogen (secondary N) is 1. The van der Waals surface area contributed by atoms with E-state index in [2.05, 4.69) is 48.1 Å². The Balaban J connectivity index is 1.72. The summed E-state index contributed by atoms with van der Waals surface area (Å²) in [6.07, 6.45) is 1.70. The van der Waals surface area contributed by atoms with Crippen LogP contribution < -0.4 is 15.1 Å². The smallest absolute Gasteiger partial charge is 0.260 e. The second kappa shape index (κ2) is 9.04. The second-order valence-electron chi connectivity index (χ2n) is 8.08. The molecule has 4 heterocycles. The number of rotatable bonds is 8. The van der Waals surface area contributed by atoms with Gasteiger partial charge < -0.3 is 14.8 Å². The van der Waals surface area contributed by atoms with Crippen molar-refractivity contribution < 1.29 is 4.79 Å². The van der Waals surface area contributed by atoms with Crippen LogP contribution in [0.15, 0.2) is 30.6 Å². The molecule has 0 atom stereocenters. The van der Waals surface area contributed by atoms with Crippen LogP contribution >= 0.6 is 0 Å². The highest BCUT2D eigenvalue weighted by molar-refractivity contribution is 6.10. The average Bonchev–Trinajstić information content (AvgIpc) is 3.41. The van der Waals surface area contributed by atoms with Crippen molar-refractivity contribution >= 4 is 17.5 Å². The third kappa shape index (κ3) is 3.84. The fraction of sp³-hybridized carbons (Fsp3) is 0.435. The zero-order valence-electron chi connectivity index (χ0n) is 19.3. The summed E-state index contributed by atoms with van der Waals surface area (Å²) < 4.78 is 1.97. The predicted molar refractivity (Wildman–Crippen MR) is 125 cm³/mol. The Morgan fingerprint density at radius 3 is 2.66 bits per heavy atom. The summed E-state index contributed by atoms with van der Waals surface area (Å²) in [6, 6.07) is 7.79. The van der Waals surface area contributed by atoms with Gasteiger partial charge in [0.1, 0.15) is 23.7 Å². The standard InChI is InChI=1S/C23H30N8O/c1-6-29(7-2)21-11-16-17(19(27-21)12-24-5)13-30(23(16)32)20-10-8-9-18(26-20)22-28-25-14-31(22)15(3)4/h8-11,14-15,24H,6-7,12-13H2,1-5H3. The summed E-state index contributed by atoms with van der Waals surface area (Å²) in [6.45, 7) is 11.0. The normalized spacial score (nSPS) is 13.2. The van der Waals surface area contributed by atoms with Crippen LogP contribution in [-0.2, 0) is 13.1 Å². The lowest BCUT2D eigenvalue weighted by Crippen LogP contribution is -2.25. The molecule has 1 aliphatic heterocycles.